The van der Waals surface area contributed by atoms with Gasteiger partial charge in [-0.2, -0.15) is 28.1 Å². The van der Waals surface area contributed by atoms with Gasteiger partial charge in [-0.3, -0.25) is 14.4 Å². The summed E-state index contributed by atoms with van der Waals surface area (Å²) in [5.41, 5.74) is 0.854. The molecule has 52 heavy (non-hydrogen) atoms. The molecule has 2 fully saturated rings. The monoisotopic (exact) mass is 745 g/mol. The highest BCUT2D eigenvalue weighted by Gasteiger charge is 2.45. The lowest BCUT2D eigenvalue weighted by Crippen LogP contribution is -2.45. The van der Waals surface area contributed by atoms with Gasteiger partial charge >= 0.3 is 18.2 Å². The Balaban J connectivity index is 1.23. The van der Waals surface area contributed by atoms with Crippen LogP contribution < -0.4 is 26.0 Å². The third-order valence-corrected chi connectivity index (χ3v) is 9.27. The maximum absolute atomic E-state index is 13.1. The van der Waals surface area contributed by atoms with Crippen LogP contribution in [0.3, 0.4) is 0 Å². The van der Waals surface area contributed by atoms with Crippen LogP contribution in [0, 0.1) is 5.92 Å². The number of benzene rings is 2. The van der Waals surface area contributed by atoms with Crippen LogP contribution in [0.4, 0.5) is 30.8 Å². The van der Waals surface area contributed by atoms with E-state index in [0.29, 0.717) is 23.6 Å². The van der Waals surface area contributed by atoms with Crippen molar-refractivity contribution in [3.63, 3.8) is 0 Å². The fraction of sp³-hybridized carbons (Fsp3) is 0.457. The minimum absolute atomic E-state index is 0.0218. The Kier molecular flexibility index (Phi) is 12.2. The molecule has 2 aliphatic carbocycles. The molecule has 17 heteroatoms. The van der Waals surface area contributed by atoms with Gasteiger partial charge < -0.3 is 30.7 Å². The van der Waals surface area contributed by atoms with E-state index >= 15 is 0 Å². The lowest BCUT2D eigenvalue weighted by molar-refractivity contribution is -0.154. The second kappa shape index (κ2) is 16.6. The van der Waals surface area contributed by atoms with Gasteiger partial charge in [0, 0.05) is 28.7 Å². The number of halogens is 4. The van der Waals surface area contributed by atoms with Crippen molar-refractivity contribution in [3.8, 4) is 6.01 Å². The van der Waals surface area contributed by atoms with Crippen LogP contribution >= 0.6 is 11.6 Å². The molecule has 0 spiro atoms. The first kappa shape index (κ1) is 38.2. The molecule has 2 aliphatic rings. The summed E-state index contributed by atoms with van der Waals surface area (Å²) in [6, 6.07) is 11.1. The Morgan fingerprint density at radius 3 is 2.27 bits per heavy atom. The molecule has 1 aromatic heterocycles. The summed E-state index contributed by atoms with van der Waals surface area (Å²) in [4.78, 5) is 63.0. The Labute approximate surface area is 302 Å². The zero-order valence-corrected chi connectivity index (χ0v) is 29.3. The molecule has 0 bridgehead atoms. The SMILES string of the molecule is COC(=O)[C@H](CCC(=O)C(=O)NC1CCCCC1C)NC(=O)c1ccc(Nc2nc(NC3(c4ccc(Cl)cc4)CC3)nc(OCC(F)(F)F)n2)cc1. The summed E-state index contributed by atoms with van der Waals surface area (Å²) < 4.78 is 48.5. The second-order valence-electron chi connectivity index (χ2n) is 12.9. The Morgan fingerprint density at radius 2 is 1.63 bits per heavy atom. The van der Waals surface area contributed by atoms with Crippen molar-refractivity contribution in [2.24, 2.45) is 5.92 Å². The van der Waals surface area contributed by atoms with Gasteiger partial charge in [0.25, 0.3) is 11.8 Å². The number of carbonyl (C=O) groups excluding carboxylic acids is 4. The number of esters is 1. The van der Waals surface area contributed by atoms with E-state index in [-0.39, 0.29) is 42.3 Å². The van der Waals surface area contributed by atoms with E-state index in [1.54, 1.807) is 12.1 Å². The van der Waals surface area contributed by atoms with E-state index in [4.69, 9.17) is 21.1 Å². The van der Waals surface area contributed by atoms with E-state index in [9.17, 15) is 32.3 Å². The molecule has 2 unspecified atom stereocenters. The summed E-state index contributed by atoms with van der Waals surface area (Å²) in [6.45, 7) is 0.414. The summed E-state index contributed by atoms with van der Waals surface area (Å²) in [7, 11) is 1.14. The van der Waals surface area contributed by atoms with E-state index in [1.807, 2.05) is 19.1 Å². The smallest absolute Gasteiger partial charge is 0.422 e. The van der Waals surface area contributed by atoms with Gasteiger partial charge in [-0.05, 0) is 80.0 Å². The van der Waals surface area contributed by atoms with Crippen LogP contribution in [0.15, 0.2) is 48.5 Å². The van der Waals surface area contributed by atoms with Gasteiger partial charge in [0.2, 0.25) is 17.7 Å². The van der Waals surface area contributed by atoms with Gasteiger partial charge in [-0.25, -0.2) is 4.79 Å². The molecule has 0 saturated heterocycles. The standard InChI is InChI=1S/C35H39ClF3N7O6/c1-20-5-3-4-6-25(20)41-29(49)27(47)16-15-26(30(50)51-2)42-28(48)21-7-13-24(14-8-21)40-31-43-32(45-33(44-31)52-19-35(37,38)39)46-34(17-18-34)22-9-11-23(36)12-10-22/h7-14,20,25-26H,3-6,15-19H2,1-2H3,(H,41,49)(H,42,48)(H2,40,43,44,45,46)/t20?,25?,26-/m0/s1. The summed E-state index contributed by atoms with van der Waals surface area (Å²) in [5.74, 6) is -2.74. The van der Waals surface area contributed by atoms with Crippen LogP contribution in [0.25, 0.3) is 0 Å². The maximum Gasteiger partial charge on any atom is 0.422 e. The number of methoxy groups -OCH3 is 1. The number of rotatable bonds is 15. The third-order valence-electron chi connectivity index (χ3n) is 9.01. The van der Waals surface area contributed by atoms with Crippen molar-refractivity contribution in [1.29, 1.82) is 0 Å². The van der Waals surface area contributed by atoms with E-state index < -0.39 is 53.9 Å². The number of hydrogen-bond donors (Lipinski definition) is 4. The van der Waals surface area contributed by atoms with Crippen molar-refractivity contribution in [3.05, 3.63) is 64.7 Å². The second-order valence-corrected chi connectivity index (χ2v) is 13.4. The fourth-order valence-corrected chi connectivity index (χ4v) is 6.03. The first-order valence-corrected chi connectivity index (χ1v) is 17.2. The average molecular weight is 746 g/mol. The first-order valence-electron chi connectivity index (χ1n) is 16.8. The Hall–Kier alpha value is -4.99. The average Bonchev–Trinajstić information content (AvgIpc) is 3.90. The number of carbonyl (C=O) groups is 4. The predicted molar refractivity (Wildman–Crippen MR) is 184 cm³/mol. The van der Waals surface area contributed by atoms with E-state index in [0.717, 1.165) is 38.4 Å². The van der Waals surface area contributed by atoms with Crippen molar-refractivity contribution in [2.45, 2.75) is 82.1 Å². The van der Waals surface area contributed by atoms with Crippen molar-refractivity contribution < 1.29 is 41.8 Å². The highest BCUT2D eigenvalue weighted by molar-refractivity contribution is 6.36. The largest absolute Gasteiger partial charge is 0.467 e. The van der Waals surface area contributed by atoms with Crippen LogP contribution in [-0.2, 0) is 24.7 Å². The number of nitrogens with zero attached hydrogens (tertiary/aromatic N) is 3. The number of Topliss-reactive ketones (excluding diaryl/α,β-unsaturated/α-hetero) is 1. The zero-order valence-electron chi connectivity index (χ0n) is 28.5. The molecule has 3 aromatic rings. The molecule has 13 nitrogen and oxygen atoms in total. The minimum atomic E-state index is -4.63. The highest BCUT2D eigenvalue weighted by Crippen LogP contribution is 2.48. The van der Waals surface area contributed by atoms with Gasteiger partial charge in [0.1, 0.15) is 6.04 Å². The van der Waals surface area contributed by atoms with Crippen molar-refractivity contribution in [1.82, 2.24) is 25.6 Å². The molecule has 2 amide bonds. The topological polar surface area (TPSA) is 174 Å². The third kappa shape index (κ3) is 10.5. The molecular weight excluding hydrogens is 707 g/mol. The van der Waals surface area contributed by atoms with Crippen molar-refractivity contribution >= 4 is 52.8 Å². The zero-order chi connectivity index (χ0) is 37.5. The van der Waals surface area contributed by atoms with Crippen LogP contribution in [0.5, 0.6) is 6.01 Å². The number of aromatic nitrogens is 3. The summed E-state index contributed by atoms with van der Waals surface area (Å²) in [5, 5.41) is 12.0. The number of amides is 2. The molecule has 5 rings (SSSR count). The number of ether oxygens (including phenoxy) is 2. The van der Waals surface area contributed by atoms with Crippen LogP contribution in [-0.4, -0.2) is 70.5 Å². The number of ketones is 1. The van der Waals surface area contributed by atoms with E-state index in [2.05, 4.69) is 36.2 Å². The molecule has 3 atom stereocenters. The molecule has 1 heterocycles. The fourth-order valence-electron chi connectivity index (χ4n) is 5.91. The minimum Gasteiger partial charge on any atom is -0.467 e. The van der Waals surface area contributed by atoms with Gasteiger partial charge in [0.05, 0.1) is 12.6 Å². The quantitative estimate of drug-likeness (QED) is 0.112. The lowest BCUT2D eigenvalue weighted by atomic mass is 9.86. The number of nitrogens with one attached hydrogen (secondary N) is 4. The van der Waals surface area contributed by atoms with Gasteiger partial charge in [-0.15, -0.1) is 0 Å². The molecular formula is C35H39ClF3N7O6. The first-order chi connectivity index (χ1) is 24.7. The maximum atomic E-state index is 13.1. The lowest BCUT2D eigenvalue weighted by Gasteiger charge is -2.29. The van der Waals surface area contributed by atoms with Gasteiger partial charge in [0.15, 0.2) is 6.61 Å². The molecule has 4 N–H and O–H groups in total. The highest BCUT2D eigenvalue weighted by atomic mass is 35.5. The summed E-state index contributed by atoms with van der Waals surface area (Å²) in [6.07, 6.45) is 0.183. The summed E-state index contributed by atoms with van der Waals surface area (Å²) >= 11 is 6.03. The number of anilines is 3. The molecule has 278 valence electrons. The van der Waals surface area contributed by atoms with Crippen molar-refractivity contribution in [2.75, 3.05) is 24.4 Å². The van der Waals surface area contributed by atoms with Crippen LogP contribution in [0.1, 0.15) is 74.2 Å². The number of alkyl halides is 3. The molecule has 2 aromatic carbocycles. The molecule has 0 radical (unpaired) electrons. The Morgan fingerprint density at radius 1 is 0.962 bits per heavy atom. The Bertz CT molecular complexity index is 1760. The van der Waals surface area contributed by atoms with E-state index in [1.165, 1.54) is 24.3 Å². The normalized spacial score (nSPS) is 18.3. The predicted octanol–water partition coefficient (Wildman–Crippen LogP) is 5.63. The molecule has 2 saturated carbocycles. The van der Waals surface area contributed by atoms with Crippen LogP contribution in [0.2, 0.25) is 5.02 Å². The van der Waals surface area contributed by atoms with Gasteiger partial charge in [-0.1, -0.05) is 43.5 Å². The molecule has 0 aliphatic heterocycles. The number of hydrogen-bond acceptors (Lipinski definition) is 11.